The lowest BCUT2D eigenvalue weighted by atomic mass is 10.1. The van der Waals surface area contributed by atoms with Crippen molar-refractivity contribution < 1.29 is 0 Å². The molecule has 0 aliphatic rings. The number of rotatable bonds is 5. The van der Waals surface area contributed by atoms with Crippen molar-refractivity contribution in [3.63, 3.8) is 0 Å². The van der Waals surface area contributed by atoms with Crippen molar-refractivity contribution in [1.82, 2.24) is 25.1 Å². The summed E-state index contributed by atoms with van der Waals surface area (Å²) in [4.78, 5) is 12.5. The van der Waals surface area contributed by atoms with E-state index in [1.54, 1.807) is 23.6 Å². The molecule has 31 heavy (non-hydrogen) atoms. The zero-order valence-corrected chi connectivity index (χ0v) is 17.7. The minimum Gasteiger partial charge on any atom is -0.399 e. The molecular weight excluding hydrogens is 404 g/mol. The molecule has 0 spiro atoms. The van der Waals surface area contributed by atoms with Gasteiger partial charge in [-0.1, -0.05) is 12.7 Å². The first-order valence-electron chi connectivity index (χ1n) is 9.78. The third kappa shape index (κ3) is 3.35. The Morgan fingerprint density at radius 1 is 1.16 bits per heavy atom. The SMILES string of the molecule is C=C/C(N)=C\C(=C/C)c1cc2c(-c3cc4c(-c5ccsc5)cncc4[nH]3)n[nH]c2cn1. The van der Waals surface area contributed by atoms with E-state index >= 15 is 0 Å². The molecule has 0 bridgehead atoms. The van der Waals surface area contributed by atoms with Gasteiger partial charge in [0.25, 0.3) is 0 Å². The van der Waals surface area contributed by atoms with E-state index in [4.69, 9.17) is 5.73 Å². The summed E-state index contributed by atoms with van der Waals surface area (Å²) in [6.45, 7) is 5.68. The highest BCUT2D eigenvalue weighted by Gasteiger charge is 2.15. The van der Waals surface area contributed by atoms with E-state index in [2.05, 4.69) is 54.6 Å². The van der Waals surface area contributed by atoms with Crippen LogP contribution < -0.4 is 5.73 Å². The Morgan fingerprint density at radius 2 is 2.06 bits per heavy atom. The van der Waals surface area contributed by atoms with Crippen molar-refractivity contribution >= 4 is 38.7 Å². The molecule has 0 atom stereocenters. The number of hydrogen-bond acceptors (Lipinski definition) is 5. The van der Waals surface area contributed by atoms with Gasteiger partial charge in [0.1, 0.15) is 5.69 Å². The molecule has 5 rings (SSSR count). The molecule has 5 heterocycles. The predicted octanol–water partition coefficient (Wildman–Crippen LogP) is 5.66. The first-order valence-corrected chi connectivity index (χ1v) is 10.7. The van der Waals surface area contributed by atoms with E-state index < -0.39 is 0 Å². The normalized spacial score (nSPS) is 12.7. The summed E-state index contributed by atoms with van der Waals surface area (Å²) < 4.78 is 0. The fraction of sp³-hybridized carbons (Fsp3) is 0.0417. The van der Waals surface area contributed by atoms with Crippen LogP contribution in [0, 0.1) is 0 Å². The molecule has 0 unspecified atom stereocenters. The van der Waals surface area contributed by atoms with Crippen molar-refractivity contribution in [2.24, 2.45) is 5.73 Å². The van der Waals surface area contributed by atoms with Crippen LogP contribution in [-0.4, -0.2) is 25.1 Å². The smallest absolute Gasteiger partial charge is 0.116 e. The second-order valence-corrected chi connectivity index (χ2v) is 7.90. The van der Waals surface area contributed by atoms with Crippen molar-refractivity contribution in [2.45, 2.75) is 6.92 Å². The van der Waals surface area contributed by atoms with Crippen molar-refractivity contribution in [3.8, 4) is 22.5 Å². The highest BCUT2D eigenvalue weighted by Crippen LogP contribution is 2.34. The molecule has 0 radical (unpaired) electrons. The number of hydrogen-bond donors (Lipinski definition) is 3. The Hall–Kier alpha value is -3.97. The van der Waals surface area contributed by atoms with Crippen LogP contribution in [0.4, 0.5) is 0 Å². The van der Waals surface area contributed by atoms with Crippen LogP contribution in [0.1, 0.15) is 12.6 Å². The van der Waals surface area contributed by atoms with Crippen LogP contribution in [-0.2, 0) is 0 Å². The second kappa shape index (κ2) is 7.70. The minimum atomic E-state index is 0.589. The van der Waals surface area contributed by atoms with Gasteiger partial charge in [-0.2, -0.15) is 16.4 Å². The molecule has 0 aliphatic heterocycles. The van der Waals surface area contributed by atoms with Gasteiger partial charge in [0.2, 0.25) is 0 Å². The largest absolute Gasteiger partial charge is 0.399 e. The van der Waals surface area contributed by atoms with Crippen LogP contribution in [0.25, 0.3) is 49.9 Å². The highest BCUT2D eigenvalue weighted by atomic mass is 32.1. The number of aromatic amines is 2. The molecule has 0 fully saturated rings. The van der Waals surface area contributed by atoms with Crippen LogP contribution in [0.15, 0.2) is 78.1 Å². The van der Waals surface area contributed by atoms with Crippen molar-refractivity contribution in [3.05, 3.63) is 83.7 Å². The summed E-state index contributed by atoms with van der Waals surface area (Å²) in [6, 6.07) is 6.27. The zero-order chi connectivity index (χ0) is 21.4. The lowest BCUT2D eigenvalue weighted by Crippen LogP contribution is -1.94. The number of H-pyrrole nitrogens is 2. The van der Waals surface area contributed by atoms with Crippen molar-refractivity contribution in [2.75, 3.05) is 0 Å². The number of nitrogens with two attached hydrogens (primary N) is 1. The molecule has 0 saturated carbocycles. The van der Waals surface area contributed by atoms with Gasteiger partial charge in [0.15, 0.2) is 0 Å². The lowest BCUT2D eigenvalue weighted by Gasteiger charge is -2.03. The Labute approximate surface area is 182 Å². The Bertz CT molecular complexity index is 1470. The number of allylic oxidation sites excluding steroid dienone is 4. The highest BCUT2D eigenvalue weighted by molar-refractivity contribution is 7.08. The summed E-state index contributed by atoms with van der Waals surface area (Å²) in [5.74, 6) is 0. The molecule has 5 aromatic rings. The summed E-state index contributed by atoms with van der Waals surface area (Å²) in [5, 5.41) is 14.0. The zero-order valence-electron chi connectivity index (χ0n) is 16.9. The number of fused-ring (bicyclic) bond motifs is 2. The van der Waals surface area contributed by atoms with Gasteiger partial charge in [-0.05, 0) is 59.2 Å². The van der Waals surface area contributed by atoms with Crippen LogP contribution in [0.3, 0.4) is 0 Å². The fourth-order valence-corrected chi connectivity index (χ4v) is 4.31. The van der Waals surface area contributed by atoms with E-state index in [1.807, 2.05) is 37.5 Å². The standard InChI is InChI=1S/C24H20N6S/c1-3-14(7-16(25)4-2)20-9-18-23(12-27-20)29-30-24(18)21-8-17-19(15-5-6-31-13-15)10-26-11-22(17)28-21/h3-13,28H,2,25H2,1H3,(H,29,30)/b14-3+,16-7+. The van der Waals surface area contributed by atoms with Gasteiger partial charge in [-0.3, -0.25) is 15.1 Å². The Kier molecular flexibility index (Phi) is 4.72. The van der Waals surface area contributed by atoms with E-state index in [1.165, 1.54) is 0 Å². The van der Waals surface area contributed by atoms with Gasteiger partial charge < -0.3 is 10.7 Å². The van der Waals surface area contributed by atoms with E-state index in [-0.39, 0.29) is 0 Å². The number of thiophene rings is 1. The topological polar surface area (TPSA) is 96.3 Å². The second-order valence-electron chi connectivity index (χ2n) is 7.12. The quantitative estimate of drug-likeness (QED) is 0.317. The van der Waals surface area contributed by atoms with E-state index in [0.29, 0.717) is 5.70 Å². The number of pyridine rings is 2. The maximum atomic E-state index is 5.94. The summed E-state index contributed by atoms with van der Waals surface area (Å²) >= 11 is 1.67. The van der Waals surface area contributed by atoms with Gasteiger partial charge in [0.05, 0.1) is 34.8 Å². The number of nitrogens with zero attached hydrogens (tertiary/aromatic N) is 3. The Balaban J connectivity index is 1.65. The molecule has 152 valence electrons. The molecule has 0 aromatic carbocycles. The molecular formula is C24H20N6S. The first-order chi connectivity index (χ1) is 15.2. The minimum absolute atomic E-state index is 0.589. The molecule has 5 aromatic heterocycles. The summed E-state index contributed by atoms with van der Waals surface area (Å²) in [5.41, 5.74) is 14.1. The first kappa shape index (κ1) is 19.0. The summed E-state index contributed by atoms with van der Waals surface area (Å²) in [6.07, 6.45) is 11.0. The molecule has 4 N–H and O–H groups in total. The third-order valence-electron chi connectivity index (χ3n) is 5.24. The Morgan fingerprint density at radius 3 is 2.84 bits per heavy atom. The van der Waals surface area contributed by atoms with E-state index in [9.17, 15) is 0 Å². The molecule has 7 heteroatoms. The van der Waals surface area contributed by atoms with Gasteiger partial charge in [-0.15, -0.1) is 0 Å². The van der Waals surface area contributed by atoms with Crippen molar-refractivity contribution in [1.29, 1.82) is 0 Å². The molecule has 0 saturated heterocycles. The maximum absolute atomic E-state index is 5.94. The summed E-state index contributed by atoms with van der Waals surface area (Å²) in [7, 11) is 0. The average molecular weight is 425 g/mol. The maximum Gasteiger partial charge on any atom is 0.116 e. The molecule has 0 aliphatic carbocycles. The number of nitrogens with one attached hydrogen (secondary N) is 2. The lowest BCUT2D eigenvalue weighted by molar-refractivity contribution is 1.11. The fourth-order valence-electron chi connectivity index (χ4n) is 3.65. The monoisotopic (exact) mass is 424 g/mol. The van der Waals surface area contributed by atoms with Crippen LogP contribution in [0.2, 0.25) is 0 Å². The number of aromatic nitrogens is 5. The van der Waals surface area contributed by atoms with Gasteiger partial charge in [0, 0.05) is 28.2 Å². The third-order valence-corrected chi connectivity index (χ3v) is 5.93. The van der Waals surface area contributed by atoms with E-state index in [0.717, 1.165) is 55.6 Å². The van der Waals surface area contributed by atoms with Gasteiger partial charge >= 0.3 is 0 Å². The van der Waals surface area contributed by atoms with Gasteiger partial charge in [-0.25, -0.2) is 0 Å². The molecule has 0 amide bonds. The van der Waals surface area contributed by atoms with Crippen LogP contribution in [0.5, 0.6) is 0 Å². The average Bonchev–Trinajstić information content (AvgIpc) is 3.55. The molecule has 6 nitrogen and oxygen atoms in total. The predicted molar refractivity (Wildman–Crippen MR) is 128 cm³/mol. The van der Waals surface area contributed by atoms with Crippen LogP contribution >= 0.6 is 11.3 Å².